The Kier molecular flexibility index (Phi) is 4.74. The summed E-state index contributed by atoms with van der Waals surface area (Å²) in [6, 6.07) is 6.28. The van der Waals surface area contributed by atoms with E-state index < -0.39 is 5.91 Å². The van der Waals surface area contributed by atoms with Crippen LogP contribution in [0.15, 0.2) is 24.3 Å². The second-order valence-corrected chi connectivity index (χ2v) is 6.91. The molecule has 4 heteroatoms. The number of primary amides is 1. The van der Waals surface area contributed by atoms with Crippen molar-refractivity contribution >= 4 is 5.91 Å². The van der Waals surface area contributed by atoms with E-state index in [0.29, 0.717) is 11.5 Å². The van der Waals surface area contributed by atoms with Crippen molar-refractivity contribution in [2.24, 2.45) is 11.7 Å². The second-order valence-electron chi connectivity index (χ2n) is 6.91. The molecular formula is C20H25FN2O. The van der Waals surface area contributed by atoms with E-state index >= 15 is 0 Å². The lowest BCUT2D eigenvalue weighted by Gasteiger charge is -2.23. The molecule has 2 aromatic rings. The first-order valence-corrected chi connectivity index (χ1v) is 8.74. The largest absolute Gasteiger partial charge is 0.366 e. The van der Waals surface area contributed by atoms with E-state index in [0.717, 1.165) is 29.1 Å². The van der Waals surface area contributed by atoms with E-state index in [1.165, 1.54) is 44.2 Å². The number of halogens is 1. The van der Waals surface area contributed by atoms with Crippen LogP contribution in [0.3, 0.4) is 0 Å². The zero-order chi connectivity index (χ0) is 17.3. The molecule has 3 nitrogen and oxygen atoms in total. The normalized spacial score (nSPS) is 15.6. The fourth-order valence-electron chi connectivity index (χ4n) is 4.06. The summed E-state index contributed by atoms with van der Waals surface area (Å²) in [6.07, 6.45) is 6.40. The minimum absolute atomic E-state index is 0.282. The predicted octanol–water partition coefficient (Wildman–Crippen LogP) is 4.59. The number of benzene rings is 1. The molecule has 1 fully saturated rings. The predicted molar refractivity (Wildman–Crippen MR) is 94.4 cm³/mol. The Balaban J connectivity index is 2.05. The maximum absolute atomic E-state index is 13.3. The molecule has 0 bridgehead atoms. The lowest BCUT2D eigenvalue weighted by atomic mass is 9.89. The summed E-state index contributed by atoms with van der Waals surface area (Å²) in [5.74, 6) is -0.0435. The van der Waals surface area contributed by atoms with Crippen LogP contribution >= 0.6 is 0 Å². The van der Waals surface area contributed by atoms with Gasteiger partial charge in [-0.3, -0.25) is 4.79 Å². The number of aromatic nitrogens is 1. The van der Waals surface area contributed by atoms with Crippen LogP contribution in [0.25, 0.3) is 11.1 Å². The minimum Gasteiger partial charge on any atom is -0.366 e. The van der Waals surface area contributed by atoms with Gasteiger partial charge in [0.1, 0.15) is 5.82 Å². The van der Waals surface area contributed by atoms with Gasteiger partial charge in [0.15, 0.2) is 0 Å². The number of nitrogens with zero attached hydrogens (tertiary/aromatic N) is 1. The van der Waals surface area contributed by atoms with Gasteiger partial charge in [-0.05, 0) is 50.3 Å². The number of carbonyl (C=O) groups excluding carboxylic acids is 1. The SMILES string of the molecule is Cc1c(C(N)=O)c(-c2ccc(F)cc2)c(C)n1CC1CCCCC1. The Morgan fingerprint density at radius 1 is 1.12 bits per heavy atom. The minimum atomic E-state index is -0.419. The highest BCUT2D eigenvalue weighted by Gasteiger charge is 2.24. The van der Waals surface area contributed by atoms with Crippen LogP contribution in [-0.4, -0.2) is 10.5 Å². The molecule has 2 N–H and O–H groups in total. The van der Waals surface area contributed by atoms with E-state index in [9.17, 15) is 9.18 Å². The number of nitrogens with two attached hydrogens (primary N) is 1. The topological polar surface area (TPSA) is 48.0 Å². The van der Waals surface area contributed by atoms with Gasteiger partial charge >= 0.3 is 0 Å². The van der Waals surface area contributed by atoms with Crippen LogP contribution in [0.5, 0.6) is 0 Å². The van der Waals surface area contributed by atoms with Crippen LogP contribution in [0.4, 0.5) is 4.39 Å². The van der Waals surface area contributed by atoms with Crippen molar-refractivity contribution in [1.29, 1.82) is 0 Å². The summed E-state index contributed by atoms with van der Waals surface area (Å²) in [4.78, 5) is 12.1. The Hall–Kier alpha value is -2.10. The Morgan fingerprint density at radius 3 is 2.33 bits per heavy atom. The van der Waals surface area contributed by atoms with Crippen molar-refractivity contribution in [2.75, 3.05) is 0 Å². The van der Waals surface area contributed by atoms with Crippen molar-refractivity contribution in [3.05, 3.63) is 47.0 Å². The molecule has 1 aromatic heterocycles. The van der Waals surface area contributed by atoms with Gasteiger partial charge in [0, 0.05) is 23.5 Å². The molecule has 1 aliphatic carbocycles. The molecule has 1 heterocycles. The van der Waals surface area contributed by atoms with Gasteiger partial charge in [-0.1, -0.05) is 31.4 Å². The summed E-state index contributed by atoms with van der Waals surface area (Å²) in [7, 11) is 0. The van der Waals surface area contributed by atoms with Crippen molar-refractivity contribution in [3.63, 3.8) is 0 Å². The van der Waals surface area contributed by atoms with Gasteiger partial charge in [-0.15, -0.1) is 0 Å². The highest BCUT2D eigenvalue weighted by molar-refractivity contribution is 6.02. The van der Waals surface area contributed by atoms with Gasteiger partial charge in [0.25, 0.3) is 5.91 Å². The molecule has 128 valence electrons. The number of hydrogen-bond acceptors (Lipinski definition) is 1. The molecule has 3 rings (SSSR count). The standard InChI is InChI=1S/C20H25FN2O/c1-13-18(16-8-10-17(21)11-9-16)19(20(22)24)14(2)23(13)12-15-6-4-3-5-7-15/h8-11,15H,3-7,12H2,1-2H3,(H2,22,24). The summed E-state index contributed by atoms with van der Waals surface area (Å²) in [5, 5.41) is 0. The molecule has 1 saturated carbocycles. The fourth-order valence-corrected chi connectivity index (χ4v) is 4.06. The smallest absolute Gasteiger partial charge is 0.251 e. The van der Waals surface area contributed by atoms with Gasteiger partial charge in [-0.25, -0.2) is 4.39 Å². The first-order valence-electron chi connectivity index (χ1n) is 8.74. The molecule has 0 atom stereocenters. The van der Waals surface area contributed by atoms with Crippen LogP contribution in [0, 0.1) is 25.6 Å². The number of amides is 1. The van der Waals surface area contributed by atoms with Crippen LogP contribution < -0.4 is 5.73 Å². The molecule has 1 aromatic carbocycles. The van der Waals surface area contributed by atoms with E-state index in [1.54, 1.807) is 12.1 Å². The maximum atomic E-state index is 13.3. The zero-order valence-electron chi connectivity index (χ0n) is 14.4. The zero-order valence-corrected chi connectivity index (χ0v) is 14.4. The van der Waals surface area contributed by atoms with Crippen molar-refractivity contribution in [1.82, 2.24) is 4.57 Å². The van der Waals surface area contributed by atoms with Crippen molar-refractivity contribution in [3.8, 4) is 11.1 Å². The Bertz CT molecular complexity index is 740. The van der Waals surface area contributed by atoms with E-state index in [2.05, 4.69) is 4.57 Å². The highest BCUT2D eigenvalue weighted by atomic mass is 19.1. The molecule has 0 aliphatic heterocycles. The third-order valence-electron chi connectivity index (χ3n) is 5.33. The average Bonchev–Trinajstić information content (AvgIpc) is 2.81. The summed E-state index contributed by atoms with van der Waals surface area (Å²) >= 11 is 0. The highest BCUT2D eigenvalue weighted by Crippen LogP contribution is 2.34. The molecule has 0 radical (unpaired) electrons. The third-order valence-corrected chi connectivity index (χ3v) is 5.33. The monoisotopic (exact) mass is 328 g/mol. The molecule has 1 amide bonds. The summed E-state index contributed by atoms with van der Waals surface area (Å²) in [6.45, 7) is 4.92. The molecular weight excluding hydrogens is 303 g/mol. The third kappa shape index (κ3) is 3.10. The van der Waals surface area contributed by atoms with Gasteiger partial charge in [-0.2, -0.15) is 0 Å². The maximum Gasteiger partial charge on any atom is 0.251 e. The Labute approximate surface area is 142 Å². The van der Waals surface area contributed by atoms with E-state index in [4.69, 9.17) is 5.73 Å². The van der Waals surface area contributed by atoms with E-state index in [-0.39, 0.29) is 5.82 Å². The fraction of sp³-hybridized carbons (Fsp3) is 0.450. The van der Waals surface area contributed by atoms with E-state index in [1.807, 2.05) is 13.8 Å². The van der Waals surface area contributed by atoms with Crippen molar-refractivity contribution in [2.45, 2.75) is 52.5 Å². The Morgan fingerprint density at radius 2 is 1.75 bits per heavy atom. The summed E-state index contributed by atoms with van der Waals surface area (Å²) in [5.41, 5.74) is 9.88. The number of hydrogen-bond donors (Lipinski definition) is 1. The number of rotatable bonds is 4. The molecule has 0 unspecified atom stereocenters. The van der Waals surface area contributed by atoms with Crippen LogP contribution in [-0.2, 0) is 6.54 Å². The van der Waals surface area contributed by atoms with Gasteiger partial charge < -0.3 is 10.3 Å². The van der Waals surface area contributed by atoms with Crippen LogP contribution in [0.2, 0.25) is 0 Å². The molecule has 24 heavy (non-hydrogen) atoms. The lowest BCUT2D eigenvalue weighted by molar-refractivity contribution is 0.1000. The quantitative estimate of drug-likeness (QED) is 0.876. The molecule has 1 aliphatic rings. The number of carbonyl (C=O) groups is 1. The lowest BCUT2D eigenvalue weighted by Crippen LogP contribution is -2.17. The first kappa shape index (κ1) is 16.7. The second kappa shape index (κ2) is 6.80. The van der Waals surface area contributed by atoms with Crippen LogP contribution in [0.1, 0.15) is 53.8 Å². The molecule has 0 spiro atoms. The van der Waals surface area contributed by atoms with Crippen molar-refractivity contribution < 1.29 is 9.18 Å². The molecule has 0 saturated heterocycles. The van der Waals surface area contributed by atoms with Gasteiger partial charge in [0.2, 0.25) is 0 Å². The van der Waals surface area contributed by atoms with Gasteiger partial charge in [0.05, 0.1) is 5.56 Å². The first-order chi connectivity index (χ1) is 11.5. The average molecular weight is 328 g/mol. The summed E-state index contributed by atoms with van der Waals surface area (Å²) < 4.78 is 15.5.